The van der Waals surface area contributed by atoms with Crippen molar-refractivity contribution in [3.8, 4) is 0 Å². The van der Waals surface area contributed by atoms with Gasteiger partial charge < -0.3 is 0 Å². The Morgan fingerprint density at radius 3 is 2.79 bits per heavy atom. The second-order valence-corrected chi connectivity index (χ2v) is 3.09. The maximum atomic E-state index is 12.3. The van der Waals surface area contributed by atoms with Crippen molar-refractivity contribution < 1.29 is 17.6 Å². The zero-order chi connectivity index (χ0) is 10.3. The van der Waals surface area contributed by atoms with E-state index in [1.54, 1.807) is 0 Å². The van der Waals surface area contributed by atoms with Crippen molar-refractivity contribution in [3.63, 3.8) is 0 Å². The van der Waals surface area contributed by atoms with Gasteiger partial charge in [0.05, 0.1) is 11.8 Å². The summed E-state index contributed by atoms with van der Waals surface area (Å²) >= 11 is 5.62. The molecule has 1 N–H and O–H groups in total. The predicted octanol–water partition coefficient (Wildman–Crippen LogP) is 1.82. The Labute approximate surface area is 81.1 Å². The molecule has 0 bridgehead atoms. The Bertz CT molecular complexity index is 476. The molecule has 2 aromatic rings. The number of pyridine rings is 1. The van der Waals surface area contributed by atoms with Crippen LogP contribution >= 0.6 is 11.6 Å². The maximum Gasteiger partial charge on any atom is 0.419 e. The number of aromatic nitrogens is 3. The number of halogens is 4. The molecule has 2 aromatic heterocycles. The number of nitrogens with one attached hydrogen (secondary N) is 1. The first-order valence-corrected chi connectivity index (χ1v) is 3.97. The number of rotatable bonds is 0. The van der Waals surface area contributed by atoms with E-state index in [1.807, 2.05) is 0 Å². The summed E-state index contributed by atoms with van der Waals surface area (Å²) in [6.45, 7) is 0. The number of hydrogen-bond donors (Lipinski definition) is 1. The van der Waals surface area contributed by atoms with Crippen LogP contribution in [0.1, 0.15) is 5.56 Å². The average Bonchev–Trinajstić information content (AvgIpc) is 2.50. The number of alkyl halides is 3. The summed E-state index contributed by atoms with van der Waals surface area (Å²) in [5, 5.41) is 6.04. The van der Waals surface area contributed by atoms with E-state index in [9.17, 15) is 13.2 Å². The van der Waals surface area contributed by atoms with Gasteiger partial charge in [0, 0.05) is 5.10 Å². The summed E-state index contributed by atoms with van der Waals surface area (Å²) in [6, 6.07) is 0.856. The van der Waals surface area contributed by atoms with Crippen molar-refractivity contribution in [1.82, 2.24) is 10.2 Å². The van der Waals surface area contributed by atoms with Gasteiger partial charge in [0.25, 0.3) is 12.0 Å². The van der Waals surface area contributed by atoms with Gasteiger partial charge in [-0.15, -0.1) is 5.10 Å². The van der Waals surface area contributed by atoms with E-state index in [0.717, 1.165) is 12.3 Å². The molecule has 0 fully saturated rings. The third-order valence-corrected chi connectivity index (χ3v) is 2.01. The van der Waals surface area contributed by atoms with Gasteiger partial charge in [-0.1, -0.05) is 11.6 Å². The third kappa shape index (κ3) is 1.41. The number of fused-ring (bicyclic) bond motifs is 1. The first-order valence-electron chi connectivity index (χ1n) is 3.59. The standard InChI is InChI=1S/C7H3ClF3N3/c8-5-1-4(7(9,10)11)2-14-3-12-13-6(5)14/h1-3H/p+1. The first-order chi connectivity index (χ1) is 6.48. The first kappa shape index (κ1) is 9.26. The molecular formula is C7H4ClF3N3+. The minimum absolute atomic E-state index is 0.0164. The summed E-state index contributed by atoms with van der Waals surface area (Å²) in [7, 11) is 0. The zero-order valence-electron chi connectivity index (χ0n) is 6.64. The van der Waals surface area contributed by atoms with Crippen LogP contribution in [0.4, 0.5) is 13.2 Å². The molecule has 0 saturated carbocycles. The van der Waals surface area contributed by atoms with Crippen LogP contribution in [0.2, 0.25) is 5.02 Å². The molecule has 0 saturated heterocycles. The fourth-order valence-electron chi connectivity index (χ4n) is 1.09. The lowest BCUT2D eigenvalue weighted by molar-refractivity contribution is -0.513. The van der Waals surface area contributed by atoms with Crippen LogP contribution in [0.25, 0.3) is 5.65 Å². The van der Waals surface area contributed by atoms with Gasteiger partial charge in [0.1, 0.15) is 5.02 Å². The molecule has 0 aliphatic rings. The van der Waals surface area contributed by atoms with Gasteiger partial charge in [-0.2, -0.15) is 13.2 Å². The Kier molecular flexibility index (Phi) is 1.88. The normalized spacial score (nSPS) is 12.3. The van der Waals surface area contributed by atoms with Gasteiger partial charge in [-0.3, -0.25) is 0 Å². The molecule has 0 spiro atoms. The van der Waals surface area contributed by atoms with Crippen LogP contribution in [0.5, 0.6) is 0 Å². The summed E-state index contributed by atoms with van der Waals surface area (Å²) in [4.78, 5) is 0. The van der Waals surface area contributed by atoms with Gasteiger partial charge in [0.15, 0.2) is 0 Å². The Hall–Kier alpha value is -1.30. The largest absolute Gasteiger partial charge is 0.419 e. The lowest BCUT2D eigenvalue weighted by Crippen LogP contribution is -2.22. The van der Waals surface area contributed by atoms with E-state index in [0.29, 0.717) is 5.65 Å². The molecule has 2 heterocycles. The fourth-order valence-corrected chi connectivity index (χ4v) is 1.35. The molecule has 74 valence electrons. The van der Waals surface area contributed by atoms with E-state index in [1.165, 1.54) is 10.7 Å². The highest BCUT2D eigenvalue weighted by Gasteiger charge is 2.33. The molecule has 0 unspecified atom stereocenters. The molecule has 0 aliphatic carbocycles. The Balaban J connectivity index is 2.70. The van der Waals surface area contributed by atoms with Gasteiger partial charge in [-0.05, 0) is 6.07 Å². The lowest BCUT2D eigenvalue weighted by atomic mass is 10.3. The van der Waals surface area contributed by atoms with E-state index in [4.69, 9.17) is 11.6 Å². The highest BCUT2D eigenvalue weighted by atomic mass is 35.5. The van der Waals surface area contributed by atoms with Crippen LogP contribution in [-0.4, -0.2) is 10.2 Å². The Morgan fingerprint density at radius 2 is 2.14 bits per heavy atom. The highest BCUT2D eigenvalue weighted by Crippen LogP contribution is 2.30. The van der Waals surface area contributed by atoms with Crippen LogP contribution in [0.15, 0.2) is 18.6 Å². The topological polar surface area (TPSA) is 32.8 Å². The minimum atomic E-state index is -4.40. The van der Waals surface area contributed by atoms with Crippen LogP contribution in [0, 0.1) is 0 Å². The fraction of sp³-hybridized carbons (Fsp3) is 0.143. The second kappa shape index (κ2) is 2.84. The van der Waals surface area contributed by atoms with Crippen molar-refractivity contribution in [2.24, 2.45) is 0 Å². The van der Waals surface area contributed by atoms with Crippen LogP contribution < -0.4 is 4.40 Å². The highest BCUT2D eigenvalue weighted by molar-refractivity contribution is 6.33. The van der Waals surface area contributed by atoms with E-state index in [-0.39, 0.29) is 5.02 Å². The molecule has 2 rings (SSSR count). The van der Waals surface area contributed by atoms with Crippen molar-refractivity contribution in [3.05, 3.63) is 29.2 Å². The molecule has 0 amide bonds. The molecule has 7 heteroatoms. The number of nitrogens with zero attached hydrogens (tertiary/aromatic N) is 2. The van der Waals surface area contributed by atoms with E-state index < -0.39 is 11.7 Å². The van der Waals surface area contributed by atoms with Crippen molar-refractivity contribution in [2.45, 2.75) is 6.18 Å². The van der Waals surface area contributed by atoms with E-state index in [2.05, 4.69) is 10.2 Å². The molecule has 0 aliphatic heterocycles. The molecular weight excluding hydrogens is 219 g/mol. The van der Waals surface area contributed by atoms with Gasteiger partial charge >= 0.3 is 6.18 Å². The summed E-state index contributed by atoms with van der Waals surface area (Å²) in [5.74, 6) is 0. The molecule has 14 heavy (non-hydrogen) atoms. The molecule has 0 radical (unpaired) electrons. The predicted molar refractivity (Wildman–Crippen MR) is 41.8 cm³/mol. The van der Waals surface area contributed by atoms with Gasteiger partial charge in [0.2, 0.25) is 0 Å². The van der Waals surface area contributed by atoms with Crippen molar-refractivity contribution in [1.29, 1.82) is 0 Å². The SMILES string of the molecule is FC(F)(F)c1cc(Cl)c2[nH]nc[n+]2c1. The zero-order valence-corrected chi connectivity index (χ0v) is 7.39. The minimum Gasteiger partial charge on any atom is -0.202 e. The Morgan fingerprint density at radius 1 is 1.43 bits per heavy atom. The lowest BCUT2D eigenvalue weighted by Gasteiger charge is -2.04. The molecule has 3 nitrogen and oxygen atoms in total. The number of H-pyrrole nitrogens is 1. The smallest absolute Gasteiger partial charge is 0.202 e. The summed E-state index contributed by atoms with van der Waals surface area (Å²) in [5.41, 5.74) is -0.471. The number of hydrogen-bond acceptors (Lipinski definition) is 1. The molecule has 0 aromatic carbocycles. The second-order valence-electron chi connectivity index (χ2n) is 2.69. The quantitative estimate of drug-likeness (QED) is 0.678. The number of aromatic amines is 1. The molecule has 0 atom stereocenters. The van der Waals surface area contributed by atoms with Crippen LogP contribution in [0.3, 0.4) is 0 Å². The van der Waals surface area contributed by atoms with Crippen molar-refractivity contribution >= 4 is 17.2 Å². The van der Waals surface area contributed by atoms with Crippen LogP contribution in [-0.2, 0) is 6.18 Å². The summed E-state index contributed by atoms with van der Waals surface area (Å²) in [6.07, 6.45) is -2.26. The van der Waals surface area contributed by atoms with Gasteiger partial charge in [-0.25, -0.2) is 4.40 Å². The average molecular weight is 223 g/mol. The van der Waals surface area contributed by atoms with Crippen molar-refractivity contribution in [2.75, 3.05) is 0 Å². The van der Waals surface area contributed by atoms with E-state index >= 15 is 0 Å². The summed E-state index contributed by atoms with van der Waals surface area (Å²) < 4.78 is 38.1. The third-order valence-electron chi connectivity index (χ3n) is 1.72. The maximum absolute atomic E-state index is 12.3. The monoisotopic (exact) mass is 222 g/mol.